The summed E-state index contributed by atoms with van der Waals surface area (Å²) in [7, 11) is 1.68. The van der Waals surface area contributed by atoms with Gasteiger partial charge in [0.1, 0.15) is 5.75 Å². The Hall–Kier alpha value is -1.88. The van der Waals surface area contributed by atoms with Crippen molar-refractivity contribution >= 4 is 17.2 Å². The molecule has 4 rings (SSSR count). The van der Waals surface area contributed by atoms with Crippen molar-refractivity contribution in [1.82, 2.24) is 9.88 Å². The number of hydrogen-bond acceptors (Lipinski definition) is 4. The molecule has 2 fully saturated rings. The number of amides is 1. The number of rotatable bonds is 4. The molecule has 1 aliphatic heterocycles. The summed E-state index contributed by atoms with van der Waals surface area (Å²) in [5.41, 5.74) is 1.22. The predicted octanol–water partition coefficient (Wildman–Crippen LogP) is 3.66. The first-order valence-corrected chi connectivity index (χ1v) is 9.46. The van der Waals surface area contributed by atoms with Gasteiger partial charge in [0.25, 0.3) is 0 Å². The highest BCUT2D eigenvalue weighted by atomic mass is 32.1. The molecule has 24 heavy (non-hydrogen) atoms. The van der Waals surface area contributed by atoms with Gasteiger partial charge in [0, 0.05) is 36.5 Å². The Balaban J connectivity index is 1.41. The number of likely N-dealkylation sites (tertiary alicyclic amines) is 1. The second kappa shape index (κ2) is 6.55. The van der Waals surface area contributed by atoms with E-state index in [9.17, 15) is 4.79 Å². The minimum absolute atomic E-state index is 0.146. The average Bonchev–Trinajstić information content (AvgIpc) is 3.25. The summed E-state index contributed by atoms with van der Waals surface area (Å²) < 4.78 is 5.30. The van der Waals surface area contributed by atoms with E-state index in [4.69, 9.17) is 4.74 Å². The van der Waals surface area contributed by atoms with E-state index in [0.29, 0.717) is 17.7 Å². The van der Waals surface area contributed by atoms with Crippen LogP contribution in [0.25, 0.3) is 0 Å². The van der Waals surface area contributed by atoms with Crippen LogP contribution in [-0.4, -0.2) is 36.0 Å². The third-order valence-electron chi connectivity index (χ3n) is 5.16. The van der Waals surface area contributed by atoms with Gasteiger partial charge in [-0.2, -0.15) is 0 Å². The van der Waals surface area contributed by atoms with Gasteiger partial charge >= 0.3 is 0 Å². The molecule has 2 aromatic rings. The first kappa shape index (κ1) is 15.6. The molecule has 126 valence electrons. The van der Waals surface area contributed by atoms with E-state index in [1.54, 1.807) is 18.4 Å². The van der Waals surface area contributed by atoms with Gasteiger partial charge < -0.3 is 9.64 Å². The summed E-state index contributed by atoms with van der Waals surface area (Å²) >= 11 is 1.71. The van der Waals surface area contributed by atoms with Gasteiger partial charge in [-0.3, -0.25) is 4.79 Å². The molecule has 1 amide bonds. The number of carbonyl (C=O) groups excluding carboxylic acids is 1. The number of hydrogen-bond donors (Lipinski definition) is 0. The molecule has 1 aromatic carbocycles. The predicted molar refractivity (Wildman–Crippen MR) is 94.5 cm³/mol. The van der Waals surface area contributed by atoms with E-state index in [0.717, 1.165) is 38.1 Å². The first-order chi connectivity index (χ1) is 11.8. The fourth-order valence-corrected chi connectivity index (χ4v) is 4.53. The molecule has 2 heterocycles. The van der Waals surface area contributed by atoms with E-state index in [-0.39, 0.29) is 5.92 Å². The lowest BCUT2D eigenvalue weighted by Crippen LogP contribution is -2.40. The number of ether oxygens (including phenoxy) is 1. The van der Waals surface area contributed by atoms with Crippen LogP contribution >= 0.6 is 11.3 Å². The lowest BCUT2D eigenvalue weighted by atomic mass is 9.98. The van der Waals surface area contributed by atoms with Crippen molar-refractivity contribution in [2.75, 3.05) is 20.2 Å². The fourth-order valence-electron chi connectivity index (χ4n) is 3.76. The second-order valence-corrected chi connectivity index (χ2v) is 7.65. The summed E-state index contributed by atoms with van der Waals surface area (Å²) in [5, 5.41) is 3.20. The number of aromatic nitrogens is 1. The highest BCUT2D eigenvalue weighted by Crippen LogP contribution is 2.49. The van der Waals surface area contributed by atoms with Crippen LogP contribution in [0.2, 0.25) is 0 Å². The van der Waals surface area contributed by atoms with E-state index in [1.165, 1.54) is 10.6 Å². The summed E-state index contributed by atoms with van der Waals surface area (Å²) in [5.74, 6) is 2.10. The standard InChI is InChI=1S/C19H22N2O2S/c1-23-15-6-2-4-13(10-15)16-11-17(16)19(22)21-8-3-5-14(12-21)18-20-7-9-24-18/h2,4,6-7,9-10,14,16-17H,3,5,8,11-12H2,1H3/t14-,16-,17+/m0/s1. The van der Waals surface area contributed by atoms with Gasteiger partial charge in [0.15, 0.2) is 0 Å². The van der Waals surface area contributed by atoms with Gasteiger partial charge in [0.05, 0.1) is 12.1 Å². The van der Waals surface area contributed by atoms with Crippen LogP contribution < -0.4 is 4.74 Å². The third kappa shape index (κ3) is 3.05. The Morgan fingerprint density at radius 2 is 2.33 bits per heavy atom. The molecule has 2 aliphatic rings. The number of piperidine rings is 1. The minimum Gasteiger partial charge on any atom is -0.497 e. The smallest absolute Gasteiger partial charge is 0.226 e. The fraction of sp³-hybridized carbons (Fsp3) is 0.474. The van der Waals surface area contributed by atoms with Crippen molar-refractivity contribution < 1.29 is 9.53 Å². The van der Waals surface area contributed by atoms with Crippen molar-refractivity contribution in [2.24, 2.45) is 5.92 Å². The molecule has 1 aliphatic carbocycles. The van der Waals surface area contributed by atoms with Crippen LogP contribution in [0.5, 0.6) is 5.75 Å². The van der Waals surface area contributed by atoms with Crippen LogP contribution in [0.4, 0.5) is 0 Å². The Labute approximate surface area is 146 Å². The second-order valence-electron chi connectivity index (χ2n) is 6.72. The summed E-state index contributed by atoms with van der Waals surface area (Å²) in [6.45, 7) is 1.72. The Bertz CT molecular complexity index is 716. The number of benzene rings is 1. The molecule has 0 spiro atoms. The molecule has 1 aromatic heterocycles. The molecule has 1 saturated heterocycles. The third-order valence-corrected chi connectivity index (χ3v) is 6.10. The molecule has 0 unspecified atom stereocenters. The molecule has 3 atom stereocenters. The zero-order valence-corrected chi connectivity index (χ0v) is 14.7. The Morgan fingerprint density at radius 3 is 3.12 bits per heavy atom. The van der Waals surface area contributed by atoms with Crippen LogP contribution in [0.3, 0.4) is 0 Å². The molecule has 0 N–H and O–H groups in total. The molecular formula is C19H22N2O2S. The normalized spacial score (nSPS) is 26.2. The van der Waals surface area contributed by atoms with Crippen molar-refractivity contribution in [2.45, 2.75) is 31.1 Å². The van der Waals surface area contributed by atoms with E-state index < -0.39 is 0 Å². The summed E-state index contributed by atoms with van der Waals surface area (Å²) in [6, 6.07) is 8.13. The molecular weight excluding hydrogens is 320 g/mol. The molecule has 0 radical (unpaired) electrons. The van der Waals surface area contributed by atoms with Crippen molar-refractivity contribution in [3.05, 3.63) is 46.4 Å². The minimum atomic E-state index is 0.146. The highest BCUT2D eigenvalue weighted by molar-refractivity contribution is 7.09. The maximum Gasteiger partial charge on any atom is 0.226 e. The summed E-state index contributed by atoms with van der Waals surface area (Å²) in [4.78, 5) is 19.4. The van der Waals surface area contributed by atoms with Gasteiger partial charge in [-0.1, -0.05) is 12.1 Å². The lowest BCUT2D eigenvalue weighted by Gasteiger charge is -2.32. The van der Waals surface area contributed by atoms with Gasteiger partial charge in [0.2, 0.25) is 5.91 Å². The maximum atomic E-state index is 12.9. The van der Waals surface area contributed by atoms with Crippen LogP contribution in [0, 0.1) is 5.92 Å². The van der Waals surface area contributed by atoms with Gasteiger partial charge in [-0.25, -0.2) is 4.98 Å². The van der Waals surface area contributed by atoms with Gasteiger partial charge in [-0.05, 0) is 42.9 Å². The summed E-state index contributed by atoms with van der Waals surface area (Å²) in [6.07, 6.45) is 5.04. The molecule has 1 saturated carbocycles. The highest BCUT2D eigenvalue weighted by Gasteiger charge is 2.46. The first-order valence-electron chi connectivity index (χ1n) is 8.58. The topological polar surface area (TPSA) is 42.4 Å². The van der Waals surface area contributed by atoms with Gasteiger partial charge in [-0.15, -0.1) is 11.3 Å². The largest absolute Gasteiger partial charge is 0.497 e. The average molecular weight is 342 g/mol. The Kier molecular flexibility index (Phi) is 4.27. The van der Waals surface area contributed by atoms with Crippen LogP contribution in [0.15, 0.2) is 35.8 Å². The molecule has 5 heteroatoms. The zero-order valence-electron chi connectivity index (χ0n) is 13.9. The Morgan fingerprint density at radius 1 is 1.42 bits per heavy atom. The SMILES string of the molecule is COc1cccc([C@@H]2C[C@H]2C(=O)N2CCC[C@H](c3nccs3)C2)c1. The maximum absolute atomic E-state index is 12.9. The molecule has 4 nitrogen and oxygen atoms in total. The number of nitrogens with zero attached hydrogens (tertiary/aromatic N) is 2. The van der Waals surface area contributed by atoms with Crippen molar-refractivity contribution in [3.8, 4) is 5.75 Å². The monoisotopic (exact) mass is 342 g/mol. The van der Waals surface area contributed by atoms with Crippen LogP contribution in [-0.2, 0) is 4.79 Å². The number of carbonyl (C=O) groups is 1. The van der Waals surface area contributed by atoms with E-state index in [2.05, 4.69) is 22.0 Å². The number of methoxy groups -OCH3 is 1. The quantitative estimate of drug-likeness (QED) is 0.851. The zero-order chi connectivity index (χ0) is 16.5. The van der Waals surface area contributed by atoms with Crippen molar-refractivity contribution in [1.29, 1.82) is 0 Å². The molecule has 0 bridgehead atoms. The lowest BCUT2D eigenvalue weighted by molar-refractivity contribution is -0.133. The van der Waals surface area contributed by atoms with E-state index >= 15 is 0 Å². The van der Waals surface area contributed by atoms with Crippen molar-refractivity contribution in [3.63, 3.8) is 0 Å². The number of thiazole rings is 1. The van der Waals surface area contributed by atoms with E-state index in [1.807, 2.05) is 23.7 Å². The van der Waals surface area contributed by atoms with Crippen LogP contribution in [0.1, 0.15) is 41.7 Å².